The first-order valence-corrected chi connectivity index (χ1v) is 6.70. The molecule has 1 aromatic carbocycles. The van der Waals surface area contributed by atoms with E-state index in [0.29, 0.717) is 0 Å². The molecule has 1 aliphatic heterocycles. The Morgan fingerprint density at radius 3 is 2.44 bits per heavy atom. The Morgan fingerprint density at radius 2 is 1.67 bits per heavy atom. The first-order chi connectivity index (χ1) is 8.93. The molecule has 0 unspecified atom stereocenters. The molecular formula is C16H18N2. The minimum Gasteiger partial charge on any atom is -0.371 e. The zero-order chi connectivity index (χ0) is 12.2. The van der Waals surface area contributed by atoms with E-state index in [-0.39, 0.29) is 0 Å². The maximum absolute atomic E-state index is 4.48. The van der Waals surface area contributed by atoms with Crippen LogP contribution in [-0.2, 0) is 0 Å². The maximum atomic E-state index is 4.48. The Labute approximate surface area is 108 Å². The van der Waals surface area contributed by atoms with Crippen molar-refractivity contribution in [1.82, 2.24) is 4.98 Å². The molecule has 1 saturated heterocycles. The highest BCUT2D eigenvalue weighted by Crippen LogP contribution is 2.24. The molecule has 1 fully saturated rings. The first-order valence-electron chi connectivity index (χ1n) is 6.70. The van der Waals surface area contributed by atoms with Crippen LogP contribution >= 0.6 is 0 Å². The molecule has 0 spiro atoms. The lowest BCUT2D eigenvalue weighted by atomic mass is 10.1. The molecule has 2 aromatic rings. The van der Waals surface area contributed by atoms with Crippen LogP contribution in [0.4, 0.5) is 5.69 Å². The summed E-state index contributed by atoms with van der Waals surface area (Å²) < 4.78 is 0. The van der Waals surface area contributed by atoms with Gasteiger partial charge in [-0.1, -0.05) is 30.3 Å². The van der Waals surface area contributed by atoms with Crippen molar-refractivity contribution < 1.29 is 0 Å². The van der Waals surface area contributed by atoms with Crippen molar-refractivity contribution in [2.75, 3.05) is 18.0 Å². The summed E-state index contributed by atoms with van der Waals surface area (Å²) in [6, 6.07) is 14.7. The number of pyridine rings is 1. The van der Waals surface area contributed by atoms with E-state index >= 15 is 0 Å². The molecule has 0 atom stereocenters. The Hall–Kier alpha value is -1.83. The highest BCUT2D eigenvalue weighted by atomic mass is 15.1. The van der Waals surface area contributed by atoms with Crippen LogP contribution in [0.2, 0.25) is 0 Å². The predicted molar refractivity (Wildman–Crippen MR) is 75.7 cm³/mol. The monoisotopic (exact) mass is 238 g/mol. The third-order valence-electron chi connectivity index (χ3n) is 3.53. The lowest BCUT2D eigenvalue weighted by Crippen LogP contribution is -2.29. The summed E-state index contributed by atoms with van der Waals surface area (Å²) in [5.41, 5.74) is 3.57. The van der Waals surface area contributed by atoms with E-state index in [0.717, 1.165) is 5.69 Å². The van der Waals surface area contributed by atoms with Crippen molar-refractivity contribution in [2.24, 2.45) is 0 Å². The fraction of sp³-hybridized carbons (Fsp3) is 0.312. The van der Waals surface area contributed by atoms with Crippen LogP contribution in [0.1, 0.15) is 19.3 Å². The zero-order valence-corrected chi connectivity index (χ0v) is 10.5. The second-order valence-electron chi connectivity index (χ2n) is 4.81. The standard InChI is InChI=1S/C16H18N2/c1-3-7-14(8-4-1)16-13-15(9-10-17-16)18-11-5-2-6-12-18/h1,3-4,7-10,13H,2,5-6,11-12H2. The number of rotatable bonds is 2. The van der Waals surface area contributed by atoms with Crippen molar-refractivity contribution in [1.29, 1.82) is 0 Å². The van der Waals surface area contributed by atoms with Crippen LogP contribution in [0.25, 0.3) is 11.3 Å². The van der Waals surface area contributed by atoms with Gasteiger partial charge in [-0.05, 0) is 31.4 Å². The molecule has 3 rings (SSSR count). The molecule has 0 bridgehead atoms. The number of anilines is 1. The summed E-state index contributed by atoms with van der Waals surface area (Å²) in [7, 11) is 0. The molecule has 18 heavy (non-hydrogen) atoms. The van der Waals surface area contributed by atoms with Gasteiger partial charge in [0.15, 0.2) is 0 Å². The molecule has 92 valence electrons. The van der Waals surface area contributed by atoms with Crippen molar-refractivity contribution in [2.45, 2.75) is 19.3 Å². The largest absolute Gasteiger partial charge is 0.371 e. The molecule has 0 saturated carbocycles. The lowest BCUT2D eigenvalue weighted by Gasteiger charge is -2.28. The van der Waals surface area contributed by atoms with Crippen LogP contribution in [0, 0.1) is 0 Å². The summed E-state index contributed by atoms with van der Waals surface area (Å²) >= 11 is 0. The number of piperidine rings is 1. The average molecular weight is 238 g/mol. The third-order valence-corrected chi connectivity index (χ3v) is 3.53. The maximum Gasteiger partial charge on any atom is 0.0722 e. The van der Waals surface area contributed by atoms with E-state index in [2.05, 4.69) is 46.3 Å². The van der Waals surface area contributed by atoms with Gasteiger partial charge < -0.3 is 4.90 Å². The molecule has 0 radical (unpaired) electrons. The number of hydrogen-bond acceptors (Lipinski definition) is 2. The number of hydrogen-bond donors (Lipinski definition) is 0. The van der Waals surface area contributed by atoms with Gasteiger partial charge in [0.2, 0.25) is 0 Å². The summed E-state index contributed by atoms with van der Waals surface area (Å²) in [6.45, 7) is 2.36. The minimum absolute atomic E-state index is 1.07. The van der Waals surface area contributed by atoms with Crippen LogP contribution in [0.15, 0.2) is 48.7 Å². The predicted octanol–water partition coefficient (Wildman–Crippen LogP) is 3.74. The Balaban J connectivity index is 1.89. The van der Waals surface area contributed by atoms with Gasteiger partial charge in [0.25, 0.3) is 0 Å². The normalized spacial score (nSPS) is 15.7. The van der Waals surface area contributed by atoms with Crippen molar-refractivity contribution in [3.8, 4) is 11.3 Å². The van der Waals surface area contributed by atoms with Crippen LogP contribution < -0.4 is 4.90 Å². The van der Waals surface area contributed by atoms with Crippen molar-refractivity contribution in [3.63, 3.8) is 0 Å². The number of benzene rings is 1. The average Bonchev–Trinajstić information content (AvgIpc) is 2.49. The van der Waals surface area contributed by atoms with Gasteiger partial charge in [0, 0.05) is 30.5 Å². The van der Waals surface area contributed by atoms with Crippen LogP contribution in [0.3, 0.4) is 0 Å². The van der Waals surface area contributed by atoms with E-state index in [1.54, 1.807) is 0 Å². The molecule has 2 heteroatoms. The molecule has 2 nitrogen and oxygen atoms in total. The summed E-state index contributed by atoms with van der Waals surface area (Å²) in [5, 5.41) is 0. The van der Waals surface area contributed by atoms with E-state index in [1.807, 2.05) is 12.3 Å². The smallest absolute Gasteiger partial charge is 0.0722 e. The Kier molecular flexibility index (Phi) is 3.26. The molecule has 0 N–H and O–H groups in total. The quantitative estimate of drug-likeness (QED) is 0.792. The first kappa shape index (κ1) is 11.3. The molecule has 1 aromatic heterocycles. The fourth-order valence-corrected chi connectivity index (χ4v) is 2.53. The highest BCUT2D eigenvalue weighted by molar-refractivity contribution is 5.64. The molecule has 2 heterocycles. The Morgan fingerprint density at radius 1 is 0.889 bits per heavy atom. The van der Waals surface area contributed by atoms with E-state index in [1.165, 1.54) is 43.6 Å². The summed E-state index contributed by atoms with van der Waals surface area (Å²) in [4.78, 5) is 6.95. The number of nitrogens with zero attached hydrogens (tertiary/aromatic N) is 2. The topological polar surface area (TPSA) is 16.1 Å². The van der Waals surface area contributed by atoms with E-state index < -0.39 is 0 Å². The van der Waals surface area contributed by atoms with E-state index in [9.17, 15) is 0 Å². The van der Waals surface area contributed by atoms with Gasteiger partial charge in [-0.15, -0.1) is 0 Å². The van der Waals surface area contributed by atoms with Gasteiger partial charge in [-0.3, -0.25) is 4.98 Å². The lowest BCUT2D eigenvalue weighted by molar-refractivity contribution is 0.578. The van der Waals surface area contributed by atoms with Gasteiger partial charge in [0.1, 0.15) is 0 Å². The van der Waals surface area contributed by atoms with Crippen molar-refractivity contribution >= 4 is 5.69 Å². The van der Waals surface area contributed by atoms with Crippen LogP contribution in [-0.4, -0.2) is 18.1 Å². The highest BCUT2D eigenvalue weighted by Gasteiger charge is 2.11. The molecule has 1 aliphatic rings. The fourth-order valence-electron chi connectivity index (χ4n) is 2.53. The van der Waals surface area contributed by atoms with Crippen molar-refractivity contribution in [3.05, 3.63) is 48.7 Å². The number of aromatic nitrogens is 1. The minimum atomic E-state index is 1.07. The van der Waals surface area contributed by atoms with Gasteiger partial charge in [-0.2, -0.15) is 0 Å². The molecular weight excluding hydrogens is 220 g/mol. The summed E-state index contributed by atoms with van der Waals surface area (Å²) in [6.07, 6.45) is 5.91. The Bertz CT molecular complexity index is 502. The van der Waals surface area contributed by atoms with E-state index in [4.69, 9.17) is 0 Å². The van der Waals surface area contributed by atoms with Gasteiger partial charge >= 0.3 is 0 Å². The second-order valence-corrected chi connectivity index (χ2v) is 4.81. The molecule has 0 amide bonds. The zero-order valence-electron chi connectivity index (χ0n) is 10.5. The summed E-state index contributed by atoms with van der Waals surface area (Å²) in [5.74, 6) is 0. The molecule has 0 aliphatic carbocycles. The second kappa shape index (κ2) is 5.21. The SMILES string of the molecule is c1ccc(-c2cc(N3CCCCC3)ccn2)cc1. The van der Waals surface area contributed by atoms with Gasteiger partial charge in [-0.25, -0.2) is 0 Å². The van der Waals surface area contributed by atoms with Crippen LogP contribution in [0.5, 0.6) is 0 Å². The third kappa shape index (κ3) is 2.37. The van der Waals surface area contributed by atoms with Gasteiger partial charge in [0.05, 0.1) is 5.69 Å².